The topological polar surface area (TPSA) is 89.7 Å². The van der Waals surface area contributed by atoms with Crippen LogP contribution in [0, 0.1) is 24.0 Å². The molecule has 0 radical (unpaired) electrons. The van der Waals surface area contributed by atoms with Crippen molar-refractivity contribution in [3.8, 4) is 5.75 Å². The zero-order chi connectivity index (χ0) is 13.9. The molecule has 1 unspecified atom stereocenters. The van der Waals surface area contributed by atoms with Crippen molar-refractivity contribution in [3.05, 3.63) is 33.4 Å². The van der Waals surface area contributed by atoms with E-state index in [9.17, 15) is 14.9 Å². The second-order valence-electron chi connectivity index (χ2n) is 4.01. The zero-order valence-corrected chi connectivity index (χ0v) is 10.5. The van der Waals surface area contributed by atoms with Crippen LogP contribution in [0.5, 0.6) is 5.75 Å². The Balaban J connectivity index is 3.12. The van der Waals surface area contributed by atoms with Gasteiger partial charge in [-0.2, -0.15) is 0 Å². The number of nitro groups is 1. The molecule has 0 aliphatic carbocycles. The first-order chi connectivity index (χ1) is 8.36. The Morgan fingerprint density at radius 3 is 2.50 bits per heavy atom. The molecule has 1 atom stereocenters. The number of nitrogens with zero attached hydrogens (tertiary/aromatic N) is 1. The average molecular weight is 253 g/mol. The standard InChI is InChI=1S/C12H15NO5/c1-4-10(12(14)15)18-11-6-9(13(16)17)7(2)5-8(11)3/h5-6,10H,4H2,1-3H3,(H,14,15). The number of hydrogen-bond acceptors (Lipinski definition) is 4. The highest BCUT2D eigenvalue weighted by Gasteiger charge is 2.20. The molecule has 6 heteroatoms. The molecule has 0 saturated heterocycles. The molecule has 1 aromatic carbocycles. The van der Waals surface area contributed by atoms with Crippen LogP contribution in [-0.4, -0.2) is 22.1 Å². The second kappa shape index (κ2) is 5.48. The van der Waals surface area contributed by atoms with Crippen LogP contribution in [0.15, 0.2) is 12.1 Å². The second-order valence-corrected chi connectivity index (χ2v) is 4.01. The third-order valence-electron chi connectivity index (χ3n) is 2.61. The average Bonchev–Trinajstić information content (AvgIpc) is 2.26. The van der Waals surface area contributed by atoms with Crippen LogP contribution in [0.25, 0.3) is 0 Å². The summed E-state index contributed by atoms with van der Waals surface area (Å²) in [5.74, 6) is -0.846. The first-order valence-corrected chi connectivity index (χ1v) is 5.52. The summed E-state index contributed by atoms with van der Waals surface area (Å²) in [6, 6.07) is 2.89. The number of carboxylic acid groups (broad SMARTS) is 1. The number of rotatable bonds is 5. The summed E-state index contributed by atoms with van der Waals surface area (Å²) in [5, 5.41) is 19.7. The number of hydrogen-bond donors (Lipinski definition) is 1. The highest BCUT2D eigenvalue weighted by Crippen LogP contribution is 2.29. The summed E-state index contributed by atoms with van der Waals surface area (Å²) >= 11 is 0. The molecule has 18 heavy (non-hydrogen) atoms. The monoisotopic (exact) mass is 253 g/mol. The third-order valence-corrected chi connectivity index (χ3v) is 2.61. The number of ether oxygens (including phenoxy) is 1. The lowest BCUT2D eigenvalue weighted by Crippen LogP contribution is -2.26. The highest BCUT2D eigenvalue weighted by molar-refractivity contribution is 5.72. The molecule has 0 saturated carbocycles. The van der Waals surface area contributed by atoms with Crippen molar-refractivity contribution in [2.75, 3.05) is 0 Å². The first kappa shape index (κ1) is 14.0. The normalized spacial score (nSPS) is 11.9. The van der Waals surface area contributed by atoms with Gasteiger partial charge in [0.05, 0.1) is 11.0 Å². The summed E-state index contributed by atoms with van der Waals surface area (Å²) in [4.78, 5) is 21.2. The molecule has 1 aromatic rings. The Labute approximate surface area is 104 Å². The van der Waals surface area contributed by atoms with Gasteiger partial charge in [0.1, 0.15) is 5.75 Å². The predicted molar refractivity (Wildman–Crippen MR) is 64.9 cm³/mol. The molecule has 0 fully saturated rings. The molecule has 0 aromatic heterocycles. The van der Waals surface area contributed by atoms with Crippen molar-refractivity contribution in [2.45, 2.75) is 33.3 Å². The van der Waals surface area contributed by atoms with Gasteiger partial charge in [0, 0.05) is 5.56 Å². The van der Waals surface area contributed by atoms with Crippen LogP contribution >= 0.6 is 0 Å². The summed E-state index contributed by atoms with van der Waals surface area (Å²) in [7, 11) is 0. The van der Waals surface area contributed by atoms with E-state index in [1.54, 1.807) is 26.8 Å². The van der Waals surface area contributed by atoms with Gasteiger partial charge in [0.2, 0.25) is 0 Å². The Kier molecular flexibility index (Phi) is 4.25. The van der Waals surface area contributed by atoms with Gasteiger partial charge in [-0.15, -0.1) is 0 Å². The molecule has 6 nitrogen and oxygen atoms in total. The predicted octanol–water partition coefficient (Wildman–Crippen LogP) is 2.45. The van der Waals surface area contributed by atoms with Crippen molar-refractivity contribution in [2.24, 2.45) is 0 Å². The van der Waals surface area contributed by atoms with Crippen LogP contribution in [0.4, 0.5) is 5.69 Å². The van der Waals surface area contributed by atoms with Crippen LogP contribution in [0.1, 0.15) is 24.5 Å². The molecule has 0 spiro atoms. The quantitative estimate of drug-likeness (QED) is 0.643. The van der Waals surface area contributed by atoms with Crippen molar-refractivity contribution < 1.29 is 19.6 Å². The molecule has 0 bridgehead atoms. The lowest BCUT2D eigenvalue weighted by molar-refractivity contribution is -0.385. The van der Waals surface area contributed by atoms with Gasteiger partial charge < -0.3 is 9.84 Å². The maximum Gasteiger partial charge on any atom is 0.344 e. The lowest BCUT2D eigenvalue weighted by atomic mass is 10.1. The molecule has 98 valence electrons. The van der Waals surface area contributed by atoms with E-state index in [1.165, 1.54) is 6.07 Å². The fourth-order valence-corrected chi connectivity index (χ4v) is 1.61. The van der Waals surface area contributed by atoms with Gasteiger partial charge in [0.25, 0.3) is 5.69 Å². The maximum absolute atomic E-state index is 10.9. The minimum atomic E-state index is -1.08. The number of aliphatic carboxylic acids is 1. The number of carbonyl (C=O) groups is 1. The smallest absolute Gasteiger partial charge is 0.344 e. The molecular weight excluding hydrogens is 238 g/mol. The maximum atomic E-state index is 10.9. The van der Waals surface area contributed by atoms with Gasteiger partial charge in [-0.1, -0.05) is 6.92 Å². The van der Waals surface area contributed by atoms with Crippen LogP contribution in [0.3, 0.4) is 0 Å². The molecule has 0 heterocycles. The Hall–Kier alpha value is -2.11. The van der Waals surface area contributed by atoms with E-state index in [0.717, 1.165) is 0 Å². The van der Waals surface area contributed by atoms with Gasteiger partial charge in [-0.25, -0.2) is 4.79 Å². The van der Waals surface area contributed by atoms with E-state index in [-0.39, 0.29) is 17.9 Å². The van der Waals surface area contributed by atoms with Crippen LogP contribution in [0.2, 0.25) is 0 Å². The summed E-state index contributed by atoms with van der Waals surface area (Å²) < 4.78 is 5.30. The van der Waals surface area contributed by atoms with E-state index in [1.807, 2.05) is 0 Å². The minimum Gasteiger partial charge on any atom is -0.479 e. The van der Waals surface area contributed by atoms with E-state index >= 15 is 0 Å². The van der Waals surface area contributed by atoms with E-state index < -0.39 is 17.0 Å². The Morgan fingerprint density at radius 1 is 1.44 bits per heavy atom. The number of nitro benzene ring substituents is 1. The number of aryl methyl sites for hydroxylation is 2. The summed E-state index contributed by atoms with van der Waals surface area (Å²) in [5.41, 5.74) is 1.13. The fourth-order valence-electron chi connectivity index (χ4n) is 1.61. The number of carboxylic acids is 1. The number of benzene rings is 1. The summed E-state index contributed by atoms with van der Waals surface area (Å²) in [6.07, 6.45) is -0.706. The zero-order valence-electron chi connectivity index (χ0n) is 10.5. The summed E-state index contributed by atoms with van der Waals surface area (Å²) in [6.45, 7) is 5.03. The lowest BCUT2D eigenvalue weighted by Gasteiger charge is -2.15. The molecule has 0 aliphatic heterocycles. The molecule has 0 aliphatic rings. The molecule has 1 N–H and O–H groups in total. The minimum absolute atomic E-state index is 0.0733. The van der Waals surface area contributed by atoms with E-state index in [2.05, 4.69) is 0 Å². The highest BCUT2D eigenvalue weighted by atomic mass is 16.6. The van der Waals surface area contributed by atoms with Crippen molar-refractivity contribution in [1.29, 1.82) is 0 Å². The molecular formula is C12H15NO5. The van der Waals surface area contributed by atoms with Gasteiger partial charge >= 0.3 is 5.97 Å². The SMILES string of the molecule is CCC(Oc1cc([N+](=O)[O-])c(C)cc1C)C(=O)O. The Bertz CT molecular complexity index is 484. The van der Waals surface area contributed by atoms with E-state index in [4.69, 9.17) is 9.84 Å². The van der Waals surface area contributed by atoms with Crippen molar-refractivity contribution >= 4 is 11.7 Å². The van der Waals surface area contributed by atoms with Gasteiger partial charge in [-0.3, -0.25) is 10.1 Å². The van der Waals surface area contributed by atoms with Crippen molar-refractivity contribution in [1.82, 2.24) is 0 Å². The Morgan fingerprint density at radius 2 is 2.06 bits per heavy atom. The van der Waals surface area contributed by atoms with E-state index in [0.29, 0.717) is 11.1 Å². The largest absolute Gasteiger partial charge is 0.479 e. The van der Waals surface area contributed by atoms with Crippen LogP contribution in [-0.2, 0) is 4.79 Å². The van der Waals surface area contributed by atoms with Gasteiger partial charge in [0.15, 0.2) is 6.10 Å². The third kappa shape index (κ3) is 2.97. The molecule has 0 amide bonds. The first-order valence-electron chi connectivity index (χ1n) is 5.52. The fraction of sp³-hybridized carbons (Fsp3) is 0.417. The van der Waals surface area contributed by atoms with Crippen LogP contribution < -0.4 is 4.74 Å². The van der Waals surface area contributed by atoms with Gasteiger partial charge in [-0.05, 0) is 31.9 Å². The molecule has 1 rings (SSSR count). The van der Waals surface area contributed by atoms with Crippen molar-refractivity contribution in [3.63, 3.8) is 0 Å².